The summed E-state index contributed by atoms with van der Waals surface area (Å²) in [5, 5.41) is 8.94. The minimum Gasteiger partial charge on any atom is -1.00 e. The van der Waals surface area contributed by atoms with Crippen LogP contribution in [-0.2, 0) is 19.1 Å². The van der Waals surface area contributed by atoms with Crippen LogP contribution in [0.4, 0.5) is 13.2 Å². The highest BCUT2D eigenvalue weighted by atomic mass is 79.9. The van der Waals surface area contributed by atoms with Crippen molar-refractivity contribution in [1.82, 2.24) is 0 Å². The molecule has 3 nitrogen and oxygen atoms in total. The SMILES string of the molecule is Cc1c(CCO)sc[n+]1CC(=O)c1ccccc1C(F)(F)F.[Br-]. The zero-order chi connectivity index (χ0) is 16.3. The molecular weight excluding hydrogens is 395 g/mol. The van der Waals surface area contributed by atoms with E-state index in [0.717, 1.165) is 16.6 Å². The second-order valence-electron chi connectivity index (χ2n) is 4.80. The molecule has 8 heteroatoms. The second-order valence-corrected chi connectivity index (χ2v) is 5.74. The van der Waals surface area contributed by atoms with Crippen LogP contribution in [-0.4, -0.2) is 17.5 Å². The largest absolute Gasteiger partial charge is 1.00 e. The van der Waals surface area contributed by atoms with Crippen LogP contribution in [0.25, 0.3) is 0 Å². The van der Waals surface area contributed by atoms with E-state index in [9.17, 15) is 18.0 Å². The minimum absolute atomic E-state index is 0. The Hall–Kier alpha value is -1.25. The average Bonchev–Trinajstić information content (AvgIpc) is 2.80. The monoisotopic (exact) mass is 409 g/mol. The van der Waals surface area contributed by atoms with Crippen LogP contribution in [0.1, 0.15) is 26.5 Å². The Morgan fingerprint density at radius 3 is 2.57 bits per heavy atom. The van der Waals surface area contributed by atoms with E-state index in [4.69, 9.17) is 5.11 Å². The number of hydrogen-bond donors (Lipinski definition) is 1. The van der Waals surface area contributed by atoms with Crippen molar-refractivity contribution < 1.29 is 44.6 Å². The Balaban J connectivity index is 0.00000264. The number of alkyl halides is 3. The number of carbonyl (C=O) groups is 1. The molecule has 1 heterocycles. The predicted octanol–water partition coefficient (Wildman–Crippen LogP) is -0.215. The number of ketones is 1. The van der Waals surface area contributed by atoms with Crippen molar-refractivity contribution in [2.75, 3.05) is 6.61 Å². The molecule has 0 aliphatic heterocycles. The highest BCUT2D eigenvalue weighted by Gasteiger charge is 2.35. The van der Waals surface area contributed by atoms with Gasteiger partial charge in [0.2, 0.25) is 17.8 Å². The molecule has 0 aliphatic carbocycles. The van der Waals surface area contributed by atoms with Crippen LogP contribution < -0.4 is 21.5 Å². The van der Waals surface area contributed by atoms with Crippen molar-refractivity contribution in [3.63, 3.8) is 0 Å². The first-order valence-electron chi connectivity index (χ1n) is 6.61. The summed E-state index contributed by atoms with van der Waals surface area (Å²) in [5.41, 5.74) is 1.24. The Morgan fingerprint density at radius 2 is 1.96 bits per heavy atom. The molecule has 0 amide bonds. The first-order chi connectivity index (χ1) is 10.3. The third-order valence-corrected chi connectivity index (χ3v) is 4.49. The van der Waals surface area contributed by atoms with Gasteiger partial charge in [-0.25, -0.2) is 0 Å². The maximum atomic E-state index is 12.9. The van der Waals surface area contributed by atoms with Crippen LogP contribution >= 0.6 is 11.3 Å². The van der Waals surface area contributed by atoms with Gasteiger partial charge in [-0.2, -0.15) is 17.7 Å². The lowest BCUT2D eigenvalue weighted by Gasteiger charge is -2.10. The molecule has 2 rings (SSSR count). The summed E-state index contributed by atoms with van der Waals surface area (Å²) in [6.45, 7) is 1.62. The Labute approximate surface area is 146 Å². The smallest absolute Gasteiger partial charge is 0.417 e. The van der Waals surface area contributed by atoms with Crippen molar-refractivity contribution in [1.29, 1.82) is 0 Å². The molecule has 0 unspecified atom stereocenters. The molecule has 0 radical (unpaired) electrons. The molecule has 0 saturated carbocycles. The van der Waals surface area contributed by atoms with Crippen LogP contribution in [0.3, 0.4) is 0 Å². The quantitative estimate of drug-likeness (QED) is 0.548. The molecule has 0 atom stereocenters. The van der Waals surface area contributed by atoms with Gasteiger partial charge in [-0.1, -0.05) is 29.5 Å². The Bertz CT molecular complexity index is 686. The van der Waals surface area contributed by atoms with Crippen molar-refractivity contribution >= 4 is 17.1 Å². The number of benzene rings is 1. The first kappa shape index (κ1) is 19.8. The number of aliphatic hydroxyl groups is 1. The second kappa shape index (κ2) is 8.03. The third kappa shape index (κ3) is 4.62. The summed E-state index contributed by atoms with van der Waals surface area (Å²) in [6.07, 6.45) is -4.08. The van der Waals surface area contributed by atoms with Gasteiger partial charge in [-0.15, -0.1) is 0 Å². The zero-order valence-electron chi connectivity index (χ0n) is 12.2. The lowest BCUT2D eigenvalue weighted by Crippen LogP contribution is -3.00. The van der Waals surface area contributed by atoms with Crippen LogP contribution in [0.2, 0.25) is 0 Å². The van der Waals surface area contributed by atoms with E-state index in [1.807, 2.05) is 0 Å². The Kier molecular flexibility index (Phi) is 6.91. The number of nitrogens with zero attached hydrogens (tertiary/aromatic N) is 1. The molecule has 0 bridgehead atoms. The number of aromatic nitrogens is 1. The summed E-state index contributed by atoms with van der Waals surface area (Å²) in [5.74, 6) is -0.589. The molecule has 0 aliphatic rings. The highest BCUT2D eigenvalue weighted by molar-refractivity contribution is 7.09. The lowest BCUT2D eigenvalue weighted by atomic mass is 10.0. The van der Waals surface area contributed by atoms with Gasteiger partial charge < -0.3 is 22.1 Å². The van der Waals surface area contributed by atoms with E-state index in [1.165, 1.54) is 29.5 Å². The summed E-state index contributed by atoms with van der Waals surface area (Å²) in [6, 6.07) is 4.80. The van der Waals surface area contributed by atoms with E-state index >= 15 is 0 Å². The summed E-state index contributed by atoms with van der Waals surface area (Å²) in [4.78, 5) is 13.2. The topological polar surface area (TPSA) is 41.2 Å². The van der Waals surface area contributed by atoms with Crippen molar-refractivity contribution in [2.45, 2.75) is 26.1 Å². The fraction of sp³-hybridized carbons (Fsp3) is 0.333. The van der Waals surface area contributed by atoms with Crippen LogP contribution in [0, 0.1) is 6.92 Å². The van der Waals surface area contributed by atoms with Gasteiger partial charge in [0, 0.05) is 25.5 Å². The van der Waals surface area contributed by atoms with Crippen molar-refractivity contribution in [3.05, 3.63) is 51.5 Å². The molecule has 0 spiro atoms. The van der Waals surface area contributed by atoms with E-state index < -0.39 is 17.5 Å². The number of halogens is 4. The van der Waals surface area contributed by atoms with Gasteiger partial charge >= 0.3 is 6.18 Å². The summed E-state index contributed by atoms with van der Waals surface area (Å²) < 4.78 is 40.5. The van der Waals surface area contributed by atoms with Gasteiger partial charge in [-0.05, 0) is 6.07 Å². The van der Waals surface area contributed by atoms with Crippen molar-refractivity contribution in [2.24, 2.45) is 0 Å². The minimum atomic E-state index is -4.55. The fourth-order valence-corrected chi connectivity index (χ4v) is 3.15. The summed E-state index contributed by atoms with van der Waals surface area (Å²) >= 11 is 1.38. The van der Waals surface area contributed by atoms with E-state index in [0.29, 0.717) is 6.42 Å². The van der Waals surface area contributed by atoms with Gasteiger partial charge in [0.15, 0.2) is 5.69 Å². The van der Waals surface area contributed by atoms with E-state index in [-0.39, 0.29) is 35.7 Å². The number of Topliss-reactive ketones (excluding diaryl/α,β-unsaturated/α-hetero) is 1. The predicted molar refractivity (Wildman–Crippen MR) is 75.8 cm³/mol. The van der Waals surface area contributed by atoms with Crippen molar-refractivity contribution in [3.8, 4) is 0 Å². The lowest BCUT2D eigenvalue weighted by molar-refractivity contribution is -0.684. The molecule has 1 aromatic carbocycles. The van der Waals surface area contributed by atoms with Gasteiger partial charge in [0.25, 0.3) is 0 Å². The standard InChI is InChI=1S/C15H15F3NO2S.BrH/c1-10-14(6-7-20)22-9-19(10)8-13(21)11-4-2-3-5-12(11)15(16,17)18;/h2-5,9,20H,6-8H2,1H3;1H/q+1;/p-1. The van der Waals surface area contributed by atoms with E-state index in [1.54, 1.807) is 17.0 Å². The maximum absolute atomic E-state index is 12.9. The summed E-state index contributed by atoms with van der Waals surface area (Å²) in [7, 11) is 0. The number of thiazole rings is 1. The van der Waals surface area contributed by atoms with Gasteiger partial charge in [-0.3, -0.25) is 4.79 Å². The number of rotatable bonds is 5. The van der Waals surface area contributed by atoms with Crippen LogP contribution in [0.15, 0.2) is 29.8 Å². The molecule has 1 N–H and O–H groups in total. The molecule has 126 valence electrons. The molecule has 0 fully saturated rings. The number of aliphatic hydroxyl groups excluding tert-OH is 1. The van der Waals surface area contributed by atoms with Gasteiger partial charge in [0.1, 0.15) is 0 Å². The fourth-order valence-electron chi connectivity index (χ4n) is 2.16. The molecular formula is C15H15BrF3NO2S. The molecule has 23 heavy (non-hydrogen) atoms. The average molecular weight is 410 g/mol. The number of carbonyl (C=O) groups excluding carboxylic acids is 1. The Morgan fingerprint density at radius 1 is 1.30 bits per heavy atom. The molecule has 2 aromatic rings. The molecule has 1 aromatic heterocycles. The maximum Gasteiger partial charge on any atom is 0.417 e. The third-order valence-electron chi connectivity index (χ3n) is 3.34. The first-order valence-corrected chi connectivity index (χ1v) is 7.49. The van der Waals surface area contributed by atoms with E-state index in [2.05, 4.69) is 0 Å². The number of hydrogen-bond acceptors (Lipinski definition) is 3. The zero-order valence-corrected chi connectivity index (χ0v) is 14.6. The van der Waals surface area contributed by atoms with Crippen LogP contribution in [0.5, 0.6) is 0 Å². The van der Waals surface area contributed by atoms with Gasteiger partial charge in [0.05, 0.1) is 10.4 Å². The highest BCUT2D eigenvalue weighted by Crippen LogP contribution is 2.32. The normalized spacial score (nSPS) is 11.2. The molecule has 0 saturated heterocycles.